The molecule has 1 fully saturated rings. The lowest BCUT2D eigenvalue weighted by Crippen LogP contribution is -2.12. The van der Waals surface area contributed by atoms with E-state index in [2.05, 4.69) is 17.4 Å². The first-order chi connectivity index (χ1) is 9.65. The van der Waals surface area contributed by atoms with E-state index in [-0.39, 0.29) is 5.91 Å². The Morgan fingerprint density at radius 2 is 1.90 bits per heavy atom. The molecule has 3 heteroatoms. The van der Waals surface area contributed by atoms with Gasteiger partial charge in [-0.1, -0.05) is 30.3 Å². The zero-order valence-corrected chi connectivity index (χ0v) is 11.5. The molecule has 3 N–H and O–H groups in total. The van der Waals surface area contributed by atoms with E-state index in [1.54, 1.807) is 0 Å². The van der Waals surface area contributed by atoms with Crippen LogP contribution in [0.15, 0.2) is 48.5 Å². The van der Waals surface area contributed by atoms with Gasteiger partial charge in [-0.2, -0.15) is 0 Å². The van der Waals surface area contributed by atoms with Crippen molar-refractivity contribution in [2.45, 2.75) is 25.3 Å². The predicted molar refractivity (Wildman–Crippen MR) is 80.9 cm³/mol. The monoisotopic (exact) mass is 266 g/mol. The van der Waals surface area contributed by atoms with Crippen molar-refractivity contribution >= 4 is 11.6 Å². The van der Waals surface area contributed by atoms with Crippen LogP contribution >= 0.6 is 0 Å². The van der Waals surface area contributed by atoms with Crippen molar-refractivity contribution in [1.29, 1.82) is 0 Å². The molecule has 0 saturated heterocycles. The van der Waals surface area contributed by atoms with Gasteiger partial charge in [0, 0.05) is 23.2 Å². The highest BCUT2D eigenvalue weighted by Gasteiger charge is 2.34. The molecule has 0 spiro atoms. The summed E-state index contributed by atoms with van der Waals surface area (Å²) in [6.45, 7) is 2.01. The Hall–Kier alpha value is -2.13. The van der Waals surface area contributed by atoms with Crippen molar-refractivity contribution < 1.29 is 4.79 Å². The molecule has 20 heavy (non-hydrogen) atoms. The van der Waals surface area contributed by atoms with Crippen LogP contribution in [0.5, 0.6) is 0 Å². The van der Waals surface area contributed by atoms with Crippen LogP contribution in [-0.4, -0.2) is 11.9 Å². The van der Waals surface area contributed by atoms with E-state index in [4.69, 9.17) is 5.73 Å². The Labute approximate surface area is 118 Å². The topological polar surface area (TPSA) is 55.1 Å². The quantitative estimate of drug-likeness (QED) is 0.897. The SMILES string of the molecule is Cc1cc([C@@H]2C[C@H]2N)ccc1NC(=O)c1ccccc1. The maximum atomic E-state index is 12.1. The van der Waals surface area contributed by atoms with E-state index in [9.17, 15) is 4.79 Å². The highest BCUT2D eigenvalue weighted by atomic mass is 16.1. The molecule has 3 nitrogen and oxygen atoms in total. The van der Waals surface area contributed by atoms with E-state index in [0.717, 1.165) is 17.7 Å². The van der Waals surface area contributed by atoms with Gasteiger partial charge in [0.1, 0.15) is 0 Å². The fourth-order valence-corrected chi connectivity index (χ4v) is 2.44. The minimum atomic E-state index is -0.0791. The smallest absolute Gasteiger partial charge is 0.255 e. The average Bonchev–Trinajstić information content (AvgIpc) is 3.19. The Bertz CT molecular complexity index is 637. The van der Waals surface area contributed by atoms with E-state index >= 15 is 0 Å². The highest BCUT2D eigenvalue weighted by Crippen LogP contribution is 2.39. The van der Waals surface area contributed by atoms with Crippen LogP contribution in [0.2, 0.25) is 0 Å². The zero-order valence-electron chi connectivity index (χ0n) is 11.5. The molecule has 102 valence electrons. The van der Waals surface area contributed by atoms with Gasteiger partial charge in [-0.15, -0.1) is 0 Å². The minimum absolute atomic E-state index is 0.0791. The highest BCUT2D eigenvalue weighted by molar-refractivity contribution is 6.04. The van der Waals surface area contributed by atoms with Gasteiger partial charge in [-0.05, 0) is 42.7 Å². The largest absolute Gasteiger partial charge is 0.327 e. The molecule has 0 aliphatic heterocycles. The molecule has 3 rings (SSSR count). The van der Waals surface area contributed by atoms with Gasteiger partial charge in [-0.25, -0.2) is 0 Å². The normalized spacial score (nSPS) is 20.5. The molecular formula is C17H18N2O. The Morgan fingerprint density at radius 1 is 1.20 bits per heavy atom. The van der Waals surface area contributed by atoms with E-state index in [1.807, 2.05) is 43.3 Å². The number of carbonyl (C=O) groups is 1. The van der Waals surface area contributed by atoms with Gasteiger partial charge in [0.05, 0.1) is 0 Å². The number of carbonyl (C=O) groups excluding carboxylic acids is 1. The number of aryl methyl sites for hydroxylation is 1. The number of nitrogens with two attached hydrogens (primary N) is 1. The van der Waals surface area contributed by atoms with Crippen LogP contribution in [0.3, 0.4) is 0 Å². The van der Waals surface area contributed by atoms with E-state index < -0.39 is 0 Å². The molecule has 0 heterocycles. The molecule has 1 aliphatic carbocycles. The van der Waals surface area contributed by atoms with Crippen molar-refractivity contribution in [2.24, 2.45) is 5.73 Å². The van der Waals surface area contributed by atoms with Crippen LogP contribution in [0.4, 0.5) is 5.69 Å². The number of hydrogen-bond donors (Lipinski definition) is 2. The van der Waals surface area contributed by atoms with Gasteiger partial charge in [-0.3, -0.25) is 4.79 Å². The van der Waals surface area contributed by atoms with Crippen molar-refractivity contribution in [2.75, 3.05) is 5.32 Å². The van der Waals surface area contributed by atoms with E-state index in [1.165, 1.54) is 5.56 Å². The predicted octanol–water partition coefficient (Wildman–Crippen LogP) is 3.06. The lowest BCUT2D eigenvalue weighted by atomic mass is 10.1. The summed E-state index contributed by atoms with van der Waals surface area (Å²) < 4.78 is 0. The maximum absolute atomic E-state index is 12.1. The van der Waals surface area contributed by atoms with Crippen LogP contribution in [0, 0.1) is 6.92 Å². The Balaban J connectivity index is 1.76. The summed E-state index contributed by atoms with van der Waals surface area (Å²) in [5.41, 5.74) is 9.74. The van der Waals surface area contributed by atoms with Crippen molar-refractivity contribution in [1.82, 2.24) is 0 Å². The van der Waals surface area contributed by atoms with Crippen LogP contribution in [-0.2, 0) is 0 Å². The minimum Gasteiger partial charge on any atom is -0.327 e. The first kappa shape index (κ1) is 12.9. The summed E-state index contributed by atoms with van der Waals surface area (Å²) >= 11 is 0. The summed E-state index contributed by atoms with van der Waals surface area (Å²) in [6, 6.07) is 15.7. The van der Waals surface area contributed by atoms with Gasteiger partial charge >= 0.3 is 0 Å². The molecule has 1 aliphatic rings. The number of amides is 1. The molecule has 2 atom stereocenters. The van der Waals surface area contributed by atoms with Crippen molar-refractivity contribution in [3.8, 4) is 0 Å². The van der Waals surface area contributed by atoms with Crippen LogP contribution in [0.1, 0.15) is 33.8 Å². The molecule has 0 unspecified atom stereocenters. The number of hydrogen-bond acceptors (Lipinski definition) is 2. The van der Waals surface area contributed by atoms with Gasteiger partial charge in [0.25, 0.3) is 5.91 Å². The molecule has 1 saturated carbocycles. The molecule has 2 aromatic carbocycles. The Morgan fingerprint density at radius 3 is 2.50 bits per heavy atom. The molecule has 1 amide bonds. The van der Waals surface area contributed by atoms with Gasteiger partial charge in [0.2, 0.25) is 0 Å². The lowest BCUT2D eigenvalue weighted by Gasteiger charge is -2.10. The molecule has 2 aromatic rings. The maximum Gasteiger partial charge on any atom is 0.255 e. The summed E-state index contributed by atoms with van der Waals surface area (Å²) in [5.74, 6) is 0.414. The lowest BCUT2D eigenvalue weighted by molar-refractivity contribution is 0.102. The second-order valence-electron chi connectivity index (χ2n) is 5.40. The summed E-state index contributed by atoms with van der Waals surface area (Å²) in [6.07, 6.45) is 1.06. The van der Waals surface area contributed by atoms with Crippen molar-refractivity contribution in [3.05, 3.63) is 65.2 Å². The third-order valence-corrected chi connectivity index (χ3v) is 3.80. The number of rotatable bonds is 3. The second kappa shape index (κ2) is 5.10. The number of anilines is 1. The fourth-order valence-electron chi connectivity index (χ4n) is 2.44. The molecular weight excluding hydrogens is 248 g/mol. The Kier molecular flexibility index (Phi) is 3.28. The molecule has 0 bridgehead atoms. The van der Waals surface area contributed by atoms with Crippen LogP contribution < -0.4 is 11.1 Å². The molecule has 0 radical (unpaired) electrons. The first-order valence-electron chi connectivity index (χ1n) is 6.87. The fraction of sp³-hybridized carbons (Fsp3) is 0.235. The van der Waals surface area contributed by atoms with Gasteiger partial charge in [0.15, 0.2) is 0 Å². The molecule has 0 aromatic heterocycles. The standard InChI is InChI=1S/C17H18N2O/c1-11-9-13(14-10-15(14)18)7-8-16(11)19-17(20)12-5-3-2-4-6-12/h2-9,14-15H,10,18H2,1H3,(H,19,20)/t14-,15+/m0/s1. The number of nitrogens with one attached hydrogen (secondary N) is 1. The van der Waals surface area contributed by atoms with E-state index in [0.29, 0.717) is 17.5 Å². The summed E-state index contributed by atoms with van der Waals surface area (Å²) in [7, 11) is 0. The third kappa shape index (κ3) is 2.58. The summed E-state index contributed by atoms with van der Waals surface area (Å²) in [4.78, 5) is 12.1. The first-order valence-corrected chi connectivity index (χ1v) is 6.87. The zero-order chi connectivity index (χ0) is 14.1. The van der Waals surface area contributed by atoms with Crippen LogP contribution in [0.25, 0.3) is 0 Å². The third-order valence-electron chi connectivity index (χ3n) is 3.80. The number of benzene rings is 2. The second-order valence-corrected chi connectivity index (χ2v) is 5.40. The average molecular weight is 266 g/mol. The van der Waals surface area contributed by atoms with Crippen molar-refractivity contribution in [3.63, 3.8) is 0 Å². The van der Waals surface area contributed by atoms with Gasteiger partial charge < -0.3 is 11.1 Å². The summed E-state index contributed by atoms with van der Waals surface area (Å²) in [5, 5.41) is 2.95.